The van der Waals surface area contributed by atoms with Gasteiger partial charge >= 0.3 is 6.18 Å². The average Bonchev–Trinajstić information content (AvgIpc) is 3.24. The maximum atomic E-state index is 13.2. The van der Waals surface area contributed by atoms with E-state index in [-0.39, 0.29) is 23.6 Å². The molecule has 0 saturated heterocycles. The standard InChI is InChI=1S/C18H18F3N5O3/c1-3-17(29,18(19,20)21)14-9-25(24-23-14)8-11-4-5-26-12(6-11)7-13(16(22)28)15(26)10(2)27/h4-7,9,29H,3,8H2,1-2H3,(H2,22,28). The van der Waals surface area contributed by atoms with Crippen LogP contribution in [0, 0.1) is 0 Å². The van der Waals surface area contributed by atoms with E-state index < -0.39 is 29.8 Å². The monoisotopic (exact) mass is 409 g/mol. The second kappa shape index (κ2) is 6.99. The molecule has 1 atom stereocenters. The number of carbonyl (C=O) groups excluding carboxylic acids is 2. The summed E-state index contributed by atoms with van der Waals surface area (Å²) in [6.07, 6.45) is -2.89. The molecule has 29 heavy (non-hydrogen) atoms. The van der Waals surface area contributed by atoms with Crippen molar-refractivity contribution in [2.75, 3.05) is 0 Å². The van der Waals surface area contributed by atoms with Gasteiger partial charge in [0.2, 0.25) is 5.60 Å². The third-order valence-electron chi connectivity index (χ3n) is 4.72. The summed E-state index contributed by atoms with van der Waals surface area (Å²) in [6.45, 7) is 2.58. The van der Waals surface area contributed by atoms with E-state index in [1.165, 1.54) is 24.3 Å². The Kier molecular flexibility index (Phi) is 4.95. The SMILES string of the molecule is CCC(O)(c1cn(Cc2ccn3c(C(C)=O)c(C(N)=O)cc3c2)nn1)C(F)(F)F. The second-order valence-electron chi connectivity index (χ2n) is 6.67. The fourth-order valence-electron chi connectivity index (χ4n) is 3.15. The molecule has 3 aromatic rings. The summed E-state index contributed by atoms with van der Waals surface area (Å²) in [7, 11) is 0. The van der Waals surface area contributed by atoms with Gasteiger partial charge in [-0.05, 0) is 30.2 Å². The van der Waals surface area contributed by atoms with Crippen molar-refractivity contribution in [1.82, 2.24) is 19.4 Å². The second-order valence-corrected chi connectivity index (χ2v) is 6.67. The minimum absolute atomic E-state index is 0.0631. The molecule has 0 aliphatic heterocycles. The number of alkyl halides is 3. The summed E-state index contributed by atoms with van der Waals surface area (Å²) in [4.78, 5) is 23.5. The van der Waals surface area contributed by atoms with Gasteiger partial charge in [-0.15, -0.1) is 5.10 Å². The molecule has 0 bridgehead atoms. The molecule has 11 heteroatoms. The first kappa shape index (κ1) is 20.5. The zero-order valence-electron chi connectivity index (χ0n) is 15.6. The molecule has 0 saturated carbocycles. The number of aromatic nitrogens is 4. The topological polar surface area (TPSA) is 116 Å². The van der Waals surface area contributed by atoms with Crippen molar-refractivity contribution in [2.45, 2.75) is 38.6 Å². The van der Waals surface area contributed by atoms with Crippen LogP contribution in [0.1, 0.15) is 52.4 Å². The summed E-state index contributed by atoms with van der Waals surface area (Å²) >= 11 is 0. The predicted octanol–water partition coefficient (Wildman–Crippen LogP) is 2.04. The number of Topliss-reactive ketones (excluding diaryl/α,β-unsaturated/α-hetero) is 1. The first-order valence-electron chi connectivity index (χ1n) is 8.62. The van der Waals surface area contributed by atoms with Gasteiger partial charge in [-0.3, -0.25) is 9.59 Å². The number of nitrogens with zero attached hydrogens (tertiary/aromatic N) is 4. The number of ketones is 1. The summed E-state index contributed by atoms with van der Waals surface area (Å²) < 4.78 is 42.2. The Labute approximate surface area is 162 Å². The number of fused-ring (bicyclic) bond motifs is 1. The minimum atomic E-state index is -4.89. The van der Waals surface area contributed by atoms with E-state index in [0.717, 1.165) is 10.9 Å². The van der Waals surface area contributed by atoms with Gasteiger partial charge in [0.25, 0.3) is 5.91 Å². The van der Waals surface area contributed by atoms with E-state index in [2.05, 4.69) is 10.3 Å². The largest absolute Gasteiger partial charge is 0.423 e. The number of halogens is 3. The lowest BCUT2D eigenvalue weighted by molar-refractivity contribution is -0.269. The van der Waals surface area contributed by atoms with Gasteiger partial charge in [0.05, 0.1) is 18.3 Å². The highest BCUT2D eigenvalue weighted by molar-refractivity contribution is 6.07. The van der Waals surface area contributed by atoms with Crippen LogP contribution in [-0.2, 0) is 12.1 Å². The van der Waals surface area contributed by atoms with E-state index in [0.29, 0.717) is 11.1 Å². The fourth-order valence-corrected chi connectivity index (χ4v) is 3.15. The number of hydrogen-bond acceptors (Lipinski definition) is 5. The Bertz CT molecular complexity index is 1100. The number of rotatable bonds is 6. The molecular weight excluding hydrogens is 391 g/mol. The van der Waals surface area contributed by atoms with E-state index in [4.69, 9.17) is 5.73 Å². The molecule has 8 nitrogen and oxygen atoms in total. The number of aliphatic hydroxyl groups is 1. The van der Waals surface area contributed by atoms with Crippen molar-refractivity contribution in [1.29, 1.82) is 0 Å². The van der Waals surface area contributed by atoms with Gasteiger partial charge in [0, 0.05) is 18.6 Å². The Morgan fingerprint density at radius 1 is 1.28 bits per heavy atom. The van der Waals surface area contributed by atoms with E-state index in [9.17, 15) is 27.9 Å². The summed E-state index contributed by atoms with van der Waals surface area (Å²) in [5.41, 5.74) is 3.03. The van der Waals surface area contributed by atoms with Crippen LogP contribution in [0.3, 0.4) is 0 Å². The molecule has 0 fully saturated rings. The van der Waals surface area contributed by atoms with Crippen LogP contribution in [-0.4, -0.2) is 42.4 Å². The molecule has 0 aromatic carbocycles. The zero-order valence-corrected chi connectivity index (χ0v) is 15.6. The van der Waals surface area contributed by atoms with Crippen LogP contribution >= 0.6 is 0 Å². The molecule has 0 spiro atoms. The van der Waals surface area contributed by atoms with Gasteiger partial charge in [0.15, 0.2) is 5.78 Å². The maximum absolute atomic E-state index is 13.2. The Morgan fingerprint density at radius 3 is 2.52 bits per heavy atom. The summed E-state index contributed by atoms with van der Waals surface area (Å²) in [5, 5.41) is 17.1. The molecule has 3 rings (SSSR count). The Hall–Kier alpha value is -3.21. The highest BCUT2D eigenvalue weighted by Gasteiger charge is 2.55. The third-order valence-corrected chi connectivity index (χ3v) is 4.72. The van der Waals surface area contributed by atoms with Crippen LogP contribution in [0.5, 0.6) is 0 Å². The quantitative estimate of drug-likeness (QED) is 0.605. The highest BCUT2D eigenvalue weighted by Crippen LogP contribution is 2.40. The van der Waals surface area contributed by atoms with Crippen molar-refractivity contribution in [3.8, 4) is 0 Å². The molecule has 1 unspecified atom stereocenters. The van der Waals surface area contributed by atoms with Crippen LogP contribution in [0.4, 0.5) is 13.2 Å². The van der Waals surface area contributed by atoms with Crippen molar-refractivity contribution in [3.05, 3.63) is 53.1 Å². The molecule has 0 radical (unpaired) electrons. The normalized spacial score (nSPS) is 14.1. The lowest BCUT2D eigenvalue weighted by Crippen LogP contribution is -2.42. The summed E-state index contributed by atoms with van der Waals surface area (Å²) in [6, 6.07) is 4.74. The Morgan fingerprint density at radius 2 is 1.97 bits per heavy atom. The van der Waals surface area contributed by atoms with Crippen molar-refractivity contribution in [3.63, 3.8) is 0 Å². The maximum Gasteiger partial charge on any atom is 0.423 e. The summed E-state index contributed by atoms with van der Waals surface area (Å²) in [5.74, 6) is -1.08. The van der Waals surface area contributed by atoms with E-state index in [1.807, 2.05) is 0 Å². The number of hydrogen-bond donors (Lipinski definition) is 2. The van der Waals surface area contributed by atoms with Crippen molar-refractivity contribution < 1.29 is 27.9 Å². The molecule has 1 amide bonds. The number of amides is 1. The fraction of sp³-hybridized carbons (Fsp3) is 0.333. The van der Waals surface area contributed by atoms with Gasteiger partial charge in [-0.1, -0.05) is 12.1 Å². The van der Waals surface area contributed by atoms with Crippen LogP contribution in [0.2, 0.25) is 0 Å². The highest BCUT2D eigenvalue weighted by atomic mass is 19.4. The lowest BCUT2D eigenvalue weighted by Gasteiger charge is -2.26. The van der Waals surface area contributed by atoms with Gasteiger partial charge in [-0.2, -0.15) is 13.2 Å². The number of nitrogens with two attached hydrogens (primary N) is 1. The van der Waals surface area contributed by atoms with Gasteiger partial charge < -0.3 is 15.2 Å². The molecular formula is C18H18F3N5O3. The van der Waals surface area contributed by atoms with Crippen LogP contribution in [0.25, 0.3) is 5.52 Å². The molecule has 0 aliphatic carbocycles. The first-order valence-corrected chi connectivity index (χ1v) is 8.62. The van der Waals surface area contributed by atoms with Gasteiger partial charge in [0.1, 0.15) is 11.4 Å². The van der Waals surface area contributed by atoms with Gasteiger partial charge in [-0.25, -0.2) is 4.68 Å². The molecule has 3 aromatic heterocycles. The number of pyridine rings is 1. The zero-order chi connectivity index (χ0) is 21.6. The molecule has 3 heterocycles. The predicted molar refractivity (Wildman–Crippen MR) is 95.3 cm³/mol. The van der Waals surface area contributed by atoms with Crippen LogP contribution < -0.4 is 5.73 Å². The third kappa shape index (κ3) is 3.48. The molecule has 3 N–H and O–H groups in total. The number of carbonyl (C=O) groups is 2. The van der Waals surface area contributed by atoms with Crippen molar-refractivity contribution in [2.24, 2.45) is 5.73 Å². The smallest absolute Gasteiger partial charge is 0.375 e. The van der Waals surface area contributed by atoms with E-state index >= 15 is 0 Å². The minimum Gasteiger partial charge on any atom is -0.375 e. The number of primary amides is 1. The van der Waals surface area contributed by atoms with Crippen LogP contribution in [0.15, 0.2) is 30.6 Å². The lowest BCUT2D eigenvalue weighted by atomic mass is 9.96. The molecule has 154 valence electrons. The first-order chi connectivity index (χ1) is 13.5. The Balaban J connectivity index is 1.95. The van der Waals surface area contributed by atoms with E-state index in [1.54, 1.807) is 18.3 Å². The van der Waals surface area contributed by atoms with Crippen molar-refractivity contribution >= 4 is 17.2 Å². The molecule has 0 aliphatic rings. The average molecular weight is 409 g/mol.